The van der Waals surface area contributed by atoms with Crippen LogP contribution >= 0.6 is 0 Å². The molecule has 0 fully saturated rings. The summed E-state index contributed by atoms with van der Waals surface area (Å²) in [4.78, 5) is 3.71. The Balaban J connectivity index is 1.76. The number of aryl methyl sites for hydroxylation is 1. The van der Waals surface area contributed by atoms with Crippen molar-refractivity contribution >= 4 is 12.0 Å². The number of hydrazone groups is 1. The van der Waals surface area contributed by atoms with Crippen molar-refractivity contribution in [3.8, 4) is 5.69 Å². The average molecular weight is 359 g/mol. The van der Waals surface area contributed by atoms with Gasteiger partial charge in [-0.15, -0.1) is 0 Å². The van der Waals surface area contributed by atoms with Crippen molar-refractivity contribution in [2.75, 3.05) is 5.43 Å². The molecule has 0 bridgehead atoms. The van der Waals surface area contributed by atoms with E-state index in [1.165, 1.54) is 6.07 Å². The van der Waals surface area contributed by atoms with Gasteiger partial charge in [0.05, 0.1) is 28.9 Å². The van der Waals surface area contributed by atoms with Gasteiger partial charge in [-0.25, -0.2) is 9.67 Å². The zero-order valence-electron chi connectivity index (χ0n) is 14.1. The molecule has 0 unspecified atom stereocenters. The van der Waals surface area contributed by atoms with Crippen LogP contribution < -0.4 is 5.43 Å². The summed E-state index contributed by atoms with van der Waals surface area (Å²) in [6.07, 6.45) is -2.06. The average Bonchev–Trinajstić information content (AvgIpc) is 2.90. The third-order valence-corrected chi connectivity index (χ3v) is 3.81. The first-order chi connectivity index (χ1) is 12.4. The monoisotopic (exact) mass is 359 g/mol. The topological polar surface area (TPSA) is 55.1 Å². The van der Waals surface area contributed by atoms with Gasteiger partial charge in [0.1, 0.15) is 5.82 Å². The number of alkyl halides is 3. The third kappa shape index (κ3) is 3.74. The summed E-state index contributed by atoms with van der Waals surface area (Å²) in [5.41, 5.74) is 5.28. The van der Waals surface area contributed by atoms with Crippen molar-refractivity contribution in [2.45, 2.75) is 20.0 Å². The smallest absolute Gasteiger partial charge is 0.261 e. The zero-order valence-corrected chi connectivity index (χ0v) is 14.1. The number of benzene rings is 1. The number of pyridine rings is 1. The summed E-state index contributed by atoms with van der Waals surface area (Å²) >= 11 is 0. The van der Waals surface area contributed by atoms with E-state index in [-0.39, 0.29) is 5.82 Å². The molecular formula is C18H16F3N5. The zero-order chi connectivity index (χ0) is 18.7. The van der Waals surface area contributed by atoms with E-state index in [2.05, 4.69) is 20.6 Å². The molecule has 3 rings (SSSR count). The van der Waals surface area contributed by atoms with E-state index in [0.717, 1.165) is 34.9 Å². The molecule has 0 spiro atoms. The van der Waals surface area contributed by atoms with Crippen LogP contribution in [0.5, 0.6) is 0 Å². The highest BCUT2D eigenvalue weighted by Gasteiger charge is 2.30. The molecule has 0 amide bonds. The summed E-state index contributed by atoms with van der Waals surface area (Å²) < 4.78 is 39.4. The highest BCUT2D eigenvalue weighted by atomic mass is 19.4. The number of hydrogen-bond donors (Lipinski definition) is 1. The number of para-hydroxylation sites is 1. The van der Waals surface area contributed by atoms with Gasteiger partial charge < -0.3 is 0 Å². The normalized spacial score (nSPS) is 11.9. The summed E-state index contributed by atoms with van der Waals surface area (Å²) in [5, 5.41) is 8.56. The van der Waals surface area contributed by atoms with Crippen LogP contribution in [0.1, 0.15) is 22.5 Å². The van der Waals surface area contributed by atoms with Gasteiger partial charge in [-0.1, -0.05) is 18.2 Å². The van der Waals surface area contributed by atoms with Crippen LogP contribution in [-0.2, 0) is 6.18 Å². The molecule has 0 aliphatic rings. The number of hydrogen-bond acceptors (Lipinski definition) is 4. The lowest BCUT2D eigenvalue weighted by atomic mass is 10.2. The number of halogens is 3. The molecule has 134 valence electrons. The standard InChI is InChI=1S/C18H16F3N5/c1-12-16(13(2)26(25-12)15-6-4-3-5-7-15)11-23-24-17-9-8-14(10-22-17)18(19,20)21/h3-11H,1-2H3,(H,22,24)/b23-11+. The fraction of sp³-hybridized carbons (Fsp3) is 0.167. The highest BCUT2D eigenvalue weighted by Crippen LogP contribution is 2.28. The van der Waals surface area contributed by atoms with Crippen LogP contribution in [0.25, 0.3) is 5.69 Å². The van der Waals surface area contributed by atoms with E-state index in [0.29, 0.717) is 0 Å². The summed E-state index contributed by atoms with van der Waals surface area (Å²) in [6, 6.07) is 11.9. The van der Waals surface area contributed by atoms with Crippen molar-refractivity contribution in [1.29, 1.82) is 0 Å². The van der Waals surface area contributed by atoms with Crippen LogP contribution in [0.3, 0.4) is 0 Å². The van der Waals surface area contributed by atoms with Gasteiger partial charge in [0.15, 0.2) is 0 Å². The van der Waals surface area contributed by atoms with Crippen LogP contribution in [-0.4, -0.2) is 21.0 Å². The van der Waals surface area contributed by atoms with Gasteiger partial charge >= 0.3 is 6.18 Å². The van der Waals surface area contributed by atoms with Crippen molar-refractivity contribution in [3.05, 3.63) is 71.2 Å². The van der Waals surface area contributed by atoms with E-state index < -0.39 is 11.7 Å². The number of rotatable bonds is 4. The molecule has 0 saturated carbocycles. The maximum Gasteiger partial charge on any atom is 0.417 e. The molecule has 2 aromatic heterocycles. The molecule has 0 radical (unpaired) electrons. The maximum atomic E-state index is 12.5. The molecule has 0 aliphatic carbocycles. The van der Waals surface area contributed by atoms with Gasteiger partial charge in [-0.2, -0.15) is 23.4 Å². The predicted octanol–water partition coefficient (Wildman–Crippen LogP) is 4.35. The van der Waals surface area contributed by atoms with Crippen LogP contribution in [0, 0.1) is 13.8 Å². The van der Waals surface area contributed by atoms with Crippen molar-refractivity contribution < 1.29 is 13.2 Å². The van der Waals surface area contributed by atoms with Gasteiger partial charge in [0.25, 0.3) is 0 Å². The fourth-order valence-electron chi connectivity index (χ4n) is 2.45. The number of anilines is 1. The van der Waals surface area contributed by atoms with Gasteiger partial charge in [0, 0.05) is 11.8 Å². The summed E-state index contributed by atoms with van der Waals surface area (Å²) in [5.74, 6) is 0.222. The molecule has 0 atom stereocenters. The van der Waals surface area contributed by atoms with Crippen LogP contribution in [0.2, 0.25) is 0 Å². The second-order valence-corrected chi connectivity index (χ2v) is 5.63. The summed E-state index contributed by atoms with van der Waals surface area (Å²) in [6.45, 7) is 3.79. The van der Waals surface area contributed by atoms with Crippen molar-refractivity contribution in [3.63, 3.8) is 0 Å². The fourth-order valence-corrected chi connectivity index (χ4v) is 2.45. The lowest BCUT2D eigenvalue weighted by molar-refractivity contribution is -0.137. The van der Waals surface area contributed by atoms with E-state index >= 15 is 0 Å². The first-order valence-corrected chi connectivity index (χ1v) is 7.80. The molecule has 1 N–H and O–H groups in total. The second kappa shape index (κ2) is 6.99. The van der Waals surface area contributed by atoms with E-state index in [9.17, 15) is 13.2 Å². The molecule has 8 heteroatoms. The molecule has 5 nitrogen and oxygen atoms in total. The minimum Gasteiger partial charge on any atom is -0.261 e. The Morgan fingerprint density at radius 2 is 1.81 bits per heavy atom. The molecule has 1 aromatic carbocycles. The van der Waals surface area contributed by atoms with Crippen molar-refractivity contribution in [2.24, 2.45) is 5.10 Å². The Labute approximate surface area is 148 Å². The van der Waals surface area contributed by atoms with Gasteiger partial charge in [-0.3, -0.25) is 5.43 Å². The molecule has 3 aromatic rings. The molecule has 0 saturated heterocycles. The van der Waals surface area contributed by atoms with Gasteiger partial charge in [-0.05, 0) is 38.1 Å². The minimum atomic E-state index is -4.41. The molecule has 2 heterocycles. The highest BCUT2D eigenvalue weighted by molar-refractivity contribution is 5.83. The predicted molar refractivity (Wildman–Crippen MR) is 93.5 cm³/mol. The first-order valence-electron chi connectivity index (χ1n) is 7.80. The Morgan fingerprint density at radius 3 is 2.42 bits per heavy atom. The number of aromatic nitrogens is 3. The summed E-state index contributed by atoms with van der Waals surface area (Å²) in [7, 11) is 0. The Morgan fingerprint density at radius 1 is 1.08 bits per heavy atom. The third-order valence-electron chi connectivity index (χ3n) is 3.81. The van der Waals surface area contributed by atoms with Crippen LogP contribution in [0.4, 0.5) is 19.0 Å². The number of nitrogens with zero attached hydrogens (tertiary/aromatic N) is 4. The SMILES string of the molecule is Cc1nn(-c2ccccc2)c(C)c1/C=N/Nc1ccc(C(F)(F)F)cn1. The largest absolute Gasteiger partial charge is 0.417 e. The minimum absolute atomic E-state index is 0.222. The first kappa shape index (κ1) is 17.7. The maximum absolute atomic E-state index is 12.5. The number of nitrogens with one attached hydrogen (secondary N) is 1. The molecule has 26 heavy (non-hydrogen) atoms. The van der Waals surface area contributed by atoms with E-state index in [4.69, 9.17) is 0 Å². The Bertz CT molecular complexity index is 912. The van der Waals surface area contributed by atoms with Crippen LogP contribution in [0.15, 0.2) is 53.8 Å². The Kier molecular flexibility index (Phi) is 4.75. The molecule has 0 aliphatic heterocycles. The lowest BCUT2D eigenvalue weighted by Crippen LogP contribution is -2.05. The van der Waals surface area contributed by atoms with E-state index in [1.54, 1.807) is 6.21 Å². The second-order valence-electron chi connectivity index (χ2n) is 5.63. The van der Waals surface area contributed by atoms with Crippen molar-refractivity contribution in [1.82, 2.24) is 14.8 Å². The van der Waals surface area contributed by atoms with E-state index in [1.807, 2.05) is 48.9 Å². The van der Waals surface area contributed by atoms with Gasteiger partial charge in [0.2, 0.25) is 0 Å². The quantitative estimate of drug-likeness (QED) is 0.557. The molecular weight excluding hydrogens is 343 g/mol. The Hall–Kier alpha value is -3.16. The lowest BCUT2D eigenvalue weighted by Gasteiger charge is -2.06.